The van der Waals surface area contributed by atoms with Gasteiger partial charge >= 0.3 is 11.9 Å². The predicted molar refractivity (Wildman–Crippen MR) is 56.9 cm³/mol. The van der Waals surface area contributed by atoms with E-state index >= 15 is 0 Å². The van der Waals surface area contributed by atoms with E-state index in [-0.39, 0.29) is 12.6 Å². The van der Waals surface area contributed by atoms with Crippen LogP contribution in [0.15, 0.2) is 6.33 Å². The van der Waals surface area contributed by atoms with Gasteiger partial charge in [-0.05, 0) is 6.92 Å². The topological polar surface area (TPSA) is 69.0 Å². The highest BCUT2D eigenvalue weighted by Gasteiger charge is 2.50. The van der Waals surface area contributed by atoms with Gasteiger partial charge in [0.25, 0.3) is 0 Å². The standard InChI is InChI=1S/C10H14F2N4O2/c1-6(8-15-14-5-16(8)2)13-4-7-3-10(11,12)9(17)18-7/h5-7,13H,3-4H2,1-2H3. The smallest absolute Gasteiger partial charge is 0.377 e. The predicted octanol–water partition coefficient (Wildman–Crippen LogP) is 0.416. The molecule has 6 nitrogen and oxygen atoms in total. The molecule has 1 aromatic heterocycles. The van der Waals surface area contributed by atoms with Crippen molar-refractivity contribution < 1.29 is 18.3 Å². The van der Waals surface area contributed by atoms with E-state index in [2.05, 4.69) is 20.3 Å². The SMILES string of the molecule is CC(NCC1CC(F)(F)C(=O)O1)c1nncn1C. The summed E-state index contributed by atoms with van der Waals surface area (Å²) in [7, 11) is 1.79. The molecule has 2 rings (SSSR count). The van der Waals surface area contributed by atoms with Crippen LogP contribution in [-0.2, 0) is 16.6 Å². The van der Waals surface area contributed by atoms with Gasteiger partial charge in [0.05, 0.1) is 12.5 Å². The summed E-state index contributed by atoms with van der Waals surface area (Å²) in [6.07, 6.45) is 0.171. The highest BCUT2D eigenvalue weighted by molar-refractivity contribution is 5.79. The van der Waals surface area contributed by atoms with Crippen molar-refractivity contribution in [2.24, 2.45) is 7.05 Å². The molecule has 0 amide bonds. The van der Waals surface area contributed by atoms with Crippen LogP contribution in [0, 0.1) is 0 Å². The van der Waals surface area contributed by atoms with Crippen LogP contribution in [-0.4, -0.2) is 39.3 Å². The van der Waals surface area contributed by atoms with E-state index in [0.717, 1.165) is 0 Å². The minimum absolute atomic E-state index is 0.162. The van der Waals surface area contributed by atoms with Crippen LogP contribution in [0.5, 0.6) is 0 Å². The van der Waals surface area contributed by atoms with Gasteiger partial charge in [-0.15, -0.1) is 10.2 Å². The number of halogens is 2. The molecule has 2 atom stereocenters. The van der Waals surface area contributed by atoms with Crippen molar-refractivity contribution in [2.75, 3.05) is 6.54 Å². The number of hydrogen-bond donors (Lipinski definition) is 1. The van der Waals surface area contributed by atoms with E-state index in [1.165, 1.54) is 0 Å². The Bertz CT molecular complexity index is 449. The molecule has 0 spiro atoms. The lowest BCUT2D eigenvalue weighted by molar-refractivity contribution is -0.159. The van der Waals surface area contributed by atoms with Crippen molar-refractivity contribution in [1.29, 1.82) is 0 Å². The lowest BCUT2D eigenvalue weighted by Gasteiger charge is -2.15. The Kier molecular flexibility index (Phi) is 3.29. The number of carbonyl (C=O) groups excluding carboxylic acids is 1. The van der Waals surface area contributed by atoms with Crippen LogP contribution in [0.1, 0.15) is 25.2 Å². The number of nitrogens with one attached hydrogen (secondary N) is 1. The van der Waals surface area contributed by atoms with Crippen LogP contribution in [0.2, 0.25) is 0 Å². The average molecular weight is 260 g/mol. The molecule has 1 fully saturated rings. The summed E-state index contributed by atoms with van der Waals surface area (Å²) in [6.45, 7) is 1.99. The van der Waals surface area contributed by atoms with Crippen molar-refractivity contribution in [1.82, 2.24) is 20.1 Å². The molecule has 0 radical (unpaired) electrons. The zero-order valence-electron chi connectivity index (χ0n) is 10.1. The zero-order chi connectivity index (χ0) is 13.3. The Labute approximate surface area is 102 Å². The molecule has 18 heavy (non-hydrogen) atoms. The first-order valence-corrected chi connectivity index (χ1v) is 5.56. The van der Waals surface area contributed by atoms with Crippen LogP contribution in [0.3, 0.4) is 0 Å². The second-order valence-electron chi connectivity index (χ2n) is 4.37. The highest BCUT2D eigenvalue weighted by Crippen LogP contribution is 2.30. The van der Waals surface area contributed by atoms with Crippen LogP contribution >= 0.6 is 0 Å². The highest BCUT2D eigenvalue weighted by atomic mass is 19.3. The van der Waals surface area contributed by atoms with Gasteiger partial charge in [-0.3, -0.25) is 0 Å². The fourth-order valence-corrected chi connectivity index (χ4v) is 1.85. The third kappa shape index (κ3) is 2.47. The van der Waals surface area contributed by atoms with Crippen molar-refractivity contribution in [3.8, 4) is 0 Å². The molecule has 0 bridgehead atoms. The van der Waals surface area contributed by atoms with Gasteiger partial charge in [-0.2, -0.15) is 8.78 Å². The maximum Gasteiger partial charge on any atom is 0.377 e. The Balaban J connectivity index is 1.86. The molecule has 1 aliphatic rings. The van der Waals surface area contributed by atoms with Crippen LogP contribution in [0.25, 0.3) is 0 Å². The maximum absolute atomic E-state index is 12.9. The summed E-state index contributed by atoms with van der Waals surface area (Å²) in [5.74, 6) is -4.12. The minimum atomic E-state index is -3.36. The maximum atomic E-state index is 12.9. The van der Waals surface area contributed by atoms with E-state index in [0.29, 0.717) is 5.82 Å². The van der Waals surface area contributed by atoms with Crippen LogP contribution < -0.4 is 5.32 Å². The van der Waals surface area contributed by atoms with E-state index < -0.39 is 24.4 Å². The molecule has 8 heteroatoms. The third-order valence-corrected chi connectivity index (χ3v) is 2.84. The molecule has 1 aromatic rings. The van der Waals surface area contributed by atoms with Crippen molar-refractivity contribution in [3.63, 3.8) is 0 Å². The Morgan fingerprint density at radius 2 is 2.44 bits per heavy atom. The van der Waals surface area contributed by atoms with Gasteiger partial charge in [-0.1, -0.05) is 0 Å². The number of aryl methyl sites for hydroxylation is 1. The van der Waals surface area contributed by atoms with Gasteiger partial charge in [-0.25, -0.2) is 4.79 Å². The molecular weight excluding hydrogens is 246 g/mol. The van der Waals surface area contributed by atoms with Crippen molar-refractivity contribution in [2.45, 2.75) is 31.4 Å². The van der Waals surface area contributed by atoms with Gasteiger partial charge in [0.2, 0.25) is 0 Å². The normalized spacial score (nSPS) is 24.0. The number of carbonyl (C=O) groups is 1. The summed E-state index contributed by atoms with van der Waals surface area (Å²) in [5, 5.41) is 10.6. The molecular formula is C10H14F2N4O2. The first kappa shape index (κ1) is 12.9. The lowest BCUT2D eigenvalue weighted by Crippen LogP contribution is -2.30. The molecule has 0 saturated carbocycles. The third-order valence-electron chi connectivity index (χ3n) is 2.84. The van der Waals surface area contributed by atoms with E-state index in [1.54, 1.807) is 17.9 Å². The Morgan fingerprint density at radius 1 is 1.72 bits per heavy atom. The minimum Gasteiger partial charge on any atom is -0.456 e. The summed E-state index contributed by atoms with van der Waals surface area (Å²) in [4.78, 5) is 10.8. The number of nitrogens with zero attached hydrogens (tertiary/aromatic N) is 3. The van der Waals surface area contributed by atoms with E-state index in [9.17, 15) is 13.6 Å². The quantitative estimate of drug-likeness (QED) is 0.794. The molecule has 1 aliphatic heterocycles. The first-order valence-electron chi connectivity index (χ1n) is 5.56. The second-order valence-corrected chi connectivity index (χ2v) is 4.37. The molecule has 2 heterocycles. The largest absolute Gasteiger partial charge is 0.456 e. The summed E-state index contributed by atoms with van der Waals surface area (Å²) in [5.41, 5.74) is 0. The second kappa shape index (κ2) is 4.60. The summed E-state index contributed by atoms with van der Waals surface area (Å²) < 4.78 is 32.2. The van der Waals surface area contributed by atoms with Gasteiger partial charge in [0.1, 0.15) is 18.3 Å². The molecule has 1 saturated heterocycles. The molecule has 1 N–H and O–H groups in total. The number of hydrogen-bond acceptors (Lipinski definition) is 5. The summed E-state index contributed by atoms with van der Waals surface area (Å²) in [6, 6.07) is -0.162. The Hall–Kier alpha value is -1.57. The molecule has 100 valence electrons. The lowest BCUT2D eigenvalue weighted by atomic mass is 10.2. The van der Waals surface area contributed by atoms with Gasteiger partial charge < -0.3 is 14.6 Å². The van der Waals surface area contributed by atoms with E-state index in [4.69, 9.17) is 0 Å². The Morgan fingerprint density at radius 3 is 2.94 bits per heavy atom. The number of aromatic nitrogens is 3. The molecule has 2 unspecified atom stereocenters. The molecule has 0 aromatic carbocycles. The number of alkyl halides is 2. The number of esters is 1. The van der Waals surface area contributed by atoms with Gasteiger partial charge in [0, 0.05) is 13.6 Å². The first-order chi connectivity index (χ1) is 8.40. The van der Waals surface area contributed by atoms with Crippen molar-refractivity contribution in [3.05, 3.63) is 12.2 Å². The number of cyclic esters (lactones) is 1. The monoisotopic (exact) mass is 260 g/mol. The van der Waals surface area contributed by atoms with Crippen molar-refractivity contribution >= 4 is 5.97 Å². The number of rotatable bonds is 4. The summed E-state index contributed by atoms with van der Waals surface area (Å²) >= 11 is 0. The van der Waals surface area contributed by atoms with Gasteiger partial charge in [0.15, 0.2) is 0 Å². The molecule has 0 aliphatic carbocycles. The van der Waals surface area contributed by atoms with E-state index in [1.807, 2.05) is 6.92 Å². The average Bonchev–Trinajstić information content (AvgIpc) is 2.80. The fourth-order valence-electron chi connectivity index (χ4n) is 1.85. The van der Waals surface area contributed by atoms with Crippen LogP contribution in [0.4, 0.5) is 8.78 Å². The fraction of sp³-hybridized carbons (Fsp3) is 0.700. The number of ether oxygens (including phenoxy) is 1. The zero-order valence-corrected chi connectivity index (χ0v) is 10.1.